The van der Waals surface area contributed by atoms with Crippen molar-refractivity contribution in [1.82, 2.24) is 5.01 Å². The van der Waals surface area contributed by atoms with E-state index in [1.807, 2.05) is 20.8 Å². The Balaban J connectivity index is 2.39. The van der Waals surface area contributed by atoms with Crippen molar-refractivity contribution in [3.05, 3.63) is 0 Å². The van der Waals surface area contributed by atoms with Crippen molar-refractivity contribution in [3.63, 3.8) is 0 Å². The van der Waals surface area contributed by atoms with Gasteiger partial charge in [0.05, 0.1) is 0 Å². The van der Waals surface area contributed by atoms with Gasteiger partial charge in [0.25, 0.3) is 0 Å². The molecule has 4 heteroatoms. The van der Waals surface area contributed by atoms with Gasteiger partial charge in [-0.3, -0.25) is 10.6 Å². The third-order valence-electron chi connectivity index (χ3n) is 1.74. The Kier molecular flexibility index (Phi) is 2.39. The molecule has 70 valence electrons. The van der Waals surface area contributed by atoms with Gasteiger partial charge in [0, 0.05) is 6.54 Å². The van der Waals surface area contributed by atoms with E-state index in [0.717, 1.165) is 13.0 Å². The monoisotopic (exact) mass is 172 g/mol. The van der Waals surface area contributed by atoms with Gasteiger partial charge in [-0.25, -0.2) is 5.01 Å². The average Bonchev–Trinajstić information content (AvgIpc) is 1.79. The van der Waals surface area contributed by atoms with Crippen molar-refractivity contribution in [2.45, 2.75) is 38.8 Å². The molecule has 12 heavy (non-hydrogen) atoms. The molecule has 0 aromatic heterocycles. The summed E-state index contributed by atoms with van der Waals surface area (Å²) in [5.41, 5.74) is -0.409. The summed E-state index contributed by atoms with van der Waals surface area (Å²) in [7, 11) is 0. The Morgan fingerprint density at radius 1 is 1.58 bits per heavy atom. The molecule has 1 unspecified atom stereocenters. The van der Waals surface area contributed by atoms with Gasteiger partial charge in [0.15, 0.2) is 0 Å². The first-order chi connectivity index (χ1) is 5.40. The van der Waals surface area contributed by atoms with Gasteiger partial charge in [0.2, 0.25) is 0 Å². The third kappa shape index (κ3) is 2.19. The zero-order valence-corrected chi connectivity index (χ0v) is 7.83. The predicted octanol–water partition coefficient (Wildman–Crippen LogP) is 0.276. The van der Waals surface area contributed by atoms with Crippen LogP contribution in [0.1, 0.15) is 27.2 Å². The number of nitrogens with two attached hydrogens (primary N) is 1. The van der Waals surface area contributed by atoms with E-state index in [-0.39, 0.29) is 12.0 Å². The highest BCUT2D eigenvalue weighted by molar-refractivity contribution is 5.77. The third-order valence-corrected chi connectivity index (χ3v) is 1.74. The van der Waals surface area contributed by atoms with Gasteiger partial charge < -0.3 is 4.74 Å². The lowest BCUT2D eigenvalue weighted by molar-refractivity contribution is -0.166. The summed E-state index contributed by atoms with van der Waals surface area (Å²) >= 11 is 0. The molecule has 0 aliphatic carbocycles. The second kappa shape index (κ2) is 3.03. The quantitative estimate of drug-likeness (QED) is 0.456. The number of hydrogen-bond acceptors (Lipinski definition) is 4. The summed E-state index contributed by atoms with van der Waals surface area (Å²) in [5, 5.41) is 1.51. The summed E-state index contributed by atoms with van der Waals surface area (Å²) in [5.74, 6) is 5.26. The van der Waals surface area contributed by atoms with Crippen molar-refractivity contribution in [3.8, 4) is 0 Å². The minimum atomic E-state index is -0.409. The van der Waals surface area contributed by atoms with E-state index in [4.69, 9.17) is 10.6 Å². The molecule has 1 aliphatic heterocycles. The molecule has 0 saturated carbocycles. The number of hydrazine groups is 1. The Morgan fingerprint density at radius 2 is 2.17 bits per heavy atom. The standard InChI is InChI=1S/C8H16N2O2/c1-8(2,3)12-7(11)6-4-5-10(6)9/h6H,4-5,9H2,1-3H3. The molecule has 0 aromatic carbocycles. The van der Waals surface area contributed by atoms with Gasteiger partial charge in [-0.2, -0.15) is 0 Å². The van der Waals surface area contributed by atoms with Crippen molar-refractivity contribution in [2.24, 2.45) is 5.84 Å². The molecule has 1 atom stereocenters. The SMILES string of the molecule is CC(C)(C)OC(=O)C1CCN1N. The Bertz CT molecular complexity index is 186. The van der Waals surface area contributed by atoms with Crippen LogP contribution in [0.2, 0.25) is 0 Å². The van der Waals surface area contributed by atoms with Gasteiger partial charge in [-0.15, -0.1) is 0 Å². The lowest BCUT2D eigenvalue weighted by atomic mass is 10.1. The first kappa shape index (κ1) is 9.48. The maximum absolute atomic E-state index is 11.3. The first-order valence-electron chi connectivity index (χ1n) is 4.14. The van der Waals surface area contributed by atoms with E-state index >= 15 is 0 Å². The van der Waals surface area contributed by atoms with E-state index in [1.165, 1.54) is 5.01 Å². The fourth-order valence-corrected chi connectivity index (χ4v) is 1.03. The van der Waals surface area contributed by atoms with Crippen molar-refractivity contribution in [1.29, 1.82) is 0 Å². The fraction of sp³-hybridized carbons (Fsp3) is 0.875. The second-order valence-corrected chi connectivity index (χ2v) is 4.08. The molecular formula is C8H16N2O2. The highest BCUT2D eigenvalue weighted by atomic mass is 16.6. The van der Waals surface area contributed by atoms with Crippen LogP contribution in [0.5, 0.6) is 0 Å². The highest BCUT2D eigenvalue weighted by Crippen LogP contribution is 2.17. The minimum Gasteiger partial charge on any atom is -0.459 e. The topological polar surface area (TPSA) is 55.6 Å². The molecule has 0 spiro atoms. The van der Waals surface area contributed by atoms with E-state index in [9.17, 15) is 4.79 Å². The first-order valence-corrected chi connectivity index (χ1v) is 4.14. The molecule has 0 radical (unpaired) electrons. The summed E-state index contributed by atoms with van der Waals surface area (Å²) in [6, 6.07) is -0.218. The number of ether oxygens (including phenoxy) is 1. The second-order valence-electron chi connectivity index (χ2n) is 4.08. The van der Waals surface area contributed by atoms with Crippen LogP contribution in [0.15, 0.2) is 0 Å². The van der Waals surface area contributed by atoms with Gasteiger partial charge in [-0.05, 0) is 27.2 Å². The lowest BCUT2D eigenvalue weighted by Crippen LogP contribution is -2.57. The lowest BCUT2D eigenvalue weighted by Gasteiger charge is -2.36. The minimum absolute atomic E-state index is 0.212. The van der Waals surface area contributed by atoms with Gasteiger partial charge in [0.1, 0.15) is 11.6 Å². The van der Waals surface area contributed by atoms with Crippen LogP contribution in [0.25, 0.3) is 0 Å². The normalized spacial score (nSPS) is 24.8. The molecule has 2 N–H and O–H groups in total. The molecule has 0 bridgehead atoms. The molecule has 1 rings (SSSR count). The Labute approximate surface area is 72.6 Å². The predicted molar refractivity (Wildman–Crippen MR) is 45.1 cm³/mol. The maximum Gasteiger partial charge on any atom is 0.325 e. The highest BCUT2D eigenvalue weighted by Gasteiger charge is 2.35. The van der Waals surface area contributed by atoms with Crippen LogP contribution in [-0.4, -0.2) is 29.2 Å². The van der Waals surface area contributed by atoms with Gasteiger partial charge >= 0.3 is 5.97 Å². The maximum atomic E-state index is 11.3. The van der Waals surface area contributed by atoms with E-state index in [2.05, 4.69) is 0 Å². The summed E-state index contributed by atoms with van der Waals surface area (Å²) in [6.07, 6.45) is 0.811. The number of carbonyl (C=O) groups excluding carboxylic acids is 1. The van der Waals surface area contributed by atoms with Crippen LogP contribution in [-0.2, 0) is 9.53 Å². The number of rotatable bonds is 1. The van der Waals surface area contributed by atoms with E-state index in [0.29, 0.717) is 0 Å². The van der Waals surface area contributed by atoms with E-state index < -0.39 is 5.60 Å². The van der Waals surface area contributed by atoms with E-state index in [1.54, 1.807) is 0 Å². The molecule has 1 aliphatic rings. The summed E-state index contributed by atoms with van der Waals surface area (Å²) in [6.45, 7) is 6.34. The molecule has 0 aromatic rings. The number of esters is 1. The molecule has 1 saturated heterocycles. The largest absolute Gasteiger partial charge is 0.459 e. The van der Waals surface area contributed by atoms with Crippen LogP contribution in [0, 0.1) is 0 Å². The average molecular weight is 172 g/mol. The van der Waals surface area contributed by atoms with Crippen LogP contribution < -0.4 is 5.84 Å². The zero-order valence-electron chi connectivity index (χ0n) is 7.83. The number of hydrogen-bond donors (Lipinski definition) is 1. The van der Waals surface area contributed by atoms with Crippen molar-refractivity contribution >= 4 is 5.97 Å². The molecule has 1 heterocycles. The Hall–Kier alpha value is -0.610. The fourth-order valence-electron chi connectivity index (χ4n) is 1.03. The molecule has 1 fully saturated rings. The number of nitrogens with zero attached hydrogens (tertiary/aromatic N) is 1. The number of carbonyl (C=O) groups is 1. The van der Waals surface area contributed by atoms with Crippen molar-refractivity contribution in [2.75, 3.05) is 6.54 Å². The Morgan fingerprint density at radius 3 is 2.42 bits per heavy atom. The van der Waals surface area contributed by atoms with Crippen molar-refractivity contribution < 1.29 is 9.53 Å². The zero-order chi connectivity index (χ0) is 9.35. The molecule has 4 nitrogen and oxygen atoms in total. The van der Waals surface area contributed by atoms with Crippen LogP contribution in [0.4, 0.5) is 0 Å². The smallest absolute Gasteiger partial charge is 0.325 e. The molecule has 0 amide bonds. The van der Waals surface area contributed by atoms with Crippen LogP contribution >= 0.6 is 0 Å². The summed E-state index contributed by atoms with van der Waals surface area (Å²) < 4.78 is 5.15. The van der Waals surface area contributed by atoms with Gasteiger partial charge in [-0.1, -0.05) is 0 Å². The summed E-state index contributed by atoms with van der Waals surface area (Å²) in [4.78, 5) is 11.3. The molecular weight excluding hydrogens is 156 g/mol. The van der Waals surface area contributed by atoms with Crippen LogP contribution in [0.3, 0.4) is 0 Å².